The molecule has 1 atom stereocenters. The predicted molar refractivity (Wildman–Crippen MR) is 81.1 cm³/mol. The Kier molecular flexibility index (Phi) is 4.35. The summed E-state index contributed by atoms with van der Waals surface area (Å²) in [5.74, 6) is -1.45. The summed E-state index contributed by atoms with van der Waals surface area (Å²) in [6, 6.07) is 3.99. The number of urea groups is 1. The van der Waals surface area contributed by atoms with E-state index < -0.39 is 12.0 Å². The number of likely N-dealkylation sites (N-methyl/N-ethyl adjacent to an activating group) is 1. The number of carboxylic acids is 1. The number of carboxylic acid groups (broad SMARTS) is 1. The molecule has 1 fully saturated rings. The lowest BCUT2D eigenvalue weighted by Crippen LogP contribution is -2.40. The zero-order valence-corrected chi connectivity index (χ0v) is 12.8. The number of nitrogens with one attached hydrogen (secondary N) is 1. The average Bonchev–Trinajstić information content (AvgIpc) is 2.91. The molecule has 1 aromatic carbocycles. The van der Waals surface area contributed by atoms with E-state index in [0.717, 1.165) is 0 Å². The molecule has 0 spiro atoms. The maximum absolute atomic E-state index is 12.5. The SMILES string of the molecule is Cc1c(C(=O)N(C)[C@@H](C)C(=O)O)cccc1N1CCNC1=O. The van der Waals surface area contributed by atoms with E-state index in [4.69, 9.17) is 5.11 Å². The first-order valence-electron chi connectivity index (χ1n) is 6.99. The van der Waals surface area contributed by atoms with E-state index in [0.29, 0.717) is 29.9 Å². The highest BCUT2D eigenvalue weighted by molar-refractivity contribution is 6.01. The molecular weight excluding hydrogens is 286 g/mol. The standard InChI is InChI=1S/C15H19N3O4/c1-9-11(13(19)17(3)10(2)14(20)21)5-4-6-12(9)18-8-7-16-15(18)22/h4-6,10H,7-8H2,1-3H3,(H,16,22)(H,20,21)/t10-/m0/s1. The smallest absolute Gasteiger partial charge is 0.326 e. The van der Waals surface area contributed by atoms with E-state index in [1.165, 1.54) is 18.9 Å². The summed E-state index contributed by atoms with van der Waals surface area (Å²) in [4.78, 5) is 38.1. The second kappa shape index (κ2) is 6.05. The summed E-state index contributed by atoms with van der Waals surface area (Å²) >= 11 is 0. The van der Waals surface area contributed by atoms with Crippen LogP contribution in [0.5, 0.6) is 0 Å². The molecule has 118 valence electrons. The van der Waals surface area contributed by atoms with Crippen LogP contribution in [-0.4, -0.2) is 54.1 Å². The molecule has 1 aliphatic heterocycles. The second-order valence-electron chi connectivity index (χ2n) is 5.26. The minimum absolute atomic E-state index is 0.194. The Labute approximate surface area is 128 Å². The lowest BCUT2D eigenvalue weighted by Gasteiger charge is -2.24. The highest BCUT2D eigenvalue weighted by Gasteiger charge is 2.27. The molecule has 3 amide bonds. The van der Waals surface area contributed by atoms with Crippen LogP contribution in [0.15, 0.2) is 18.2 Å². The van der Waals surface area contributed by atoms with Gasteiger partial charge in [0, 0.05) is 31.4 Å². The molecular formula is C15H19N3O4. The van der Waals surface area contributed by atoms with Gasteiger partial charge in [-0.2, -0.15) is 0 Å². The highest BCUT2D eigenvalue weighted by Crippen LogP contribution is 2.25. The van der Waals surface area contributed by atoms with Crippen molar-refractivity contribution in [2.75, 3.05) is 25.0 Å². The summed E-state index contributed by atoms with van der Waals surface area (Å²) in [5, 5.41) is 11.7. The van der Waals surface area contributed by atoms with Crippen LogP contribution < -0.4 is 10.2 Å². The van der Waals surface area contributed by atoms with Gasteiger partial charge in [-0.25, -0.2) is 9.59 Å². The fourth-order valence-electron chi connectivity index (χ4n) is 2.38. The van der Waals surface area contributed by atoms with Crippen molar-refractivity contribution in [3.8, 4) is 0 Å². The van der Waals surface area contributed by atoms with Gasteiger partial charge in [0.05, 0.1) is 0 Å². The zero-order chi connectivity index (χ0) is 16.4. The van der Waals surface area contributed by atoms with Crippen LogP contribution in [-0.2, 0) is 4.79 Å². The Hall–Kier alpha value is -2.57. The van der Waals surface area contributed by atoms with Crippen LogP contribution >= 0.6 is 0 Å². The Bertz CT molecular complexity index is 629. The Morgan fingerprint density at radius 2 is 2.09 bits per heavy atom. The van der Waals surface area contributed by atoms with Crippen LogP contribution in [0, 0.1) is 6.92 Å². The average molecular weight is 305 g/mol. The van der Waals surface area contributed by atoms with Gasteiger partial charge in [0.1, 0.15) is 6.04 Å². The van der Waals surface area contributed by atoms with Gasteiger partial charge in [-0.05, 0) is 31.5 Å². The van der Waals surface area contributed by atoms with Crippen molar-refractivity contribution in [2.45, 2.75) is 19.9 Å². The normalized spacial score (nSPS) is 15.4. The van der Waals surface area contributed by atoms with E-state index in [1.54, 1.807) is 30.0 Å². The topological polar surface area (TPSA) is 89.9 Å². The van der Waals surface area contributed by atoms with Crippen molar-refractivity contribution in [1.82, 2.24) is 10.2 Å². The fourth-order valence-corrected chi connectivity index (χ4v) is 2.38. The van der Waals surface area contributed by atoms with Gasteiger partial charge < -0.3 is 15.3 Å². The van der Waals surface area contributed by atoms with Crippen LogP contribution in [0.4, 0.5) is 10.5 Å². The highest BCUT2D eigenvalue weighted by atomic mass is 16.4. The maximum Gasteiger partial charge on any atom is 0.326 e. The molecule has 1 heterocycles. The van der Waals surface area contributed by atoms with E-state index in [-0.39, 0.29) is 11.9 Å². The quantitative estimate of drug-likeness (QED) is 0.870. The number of benzene rings is 1. The Morgan fingerprint density at radius 1 is 1.41 bits per heavy atom. The summed E-state index contributed by atoms with van der Waals surface area (Å²) in [6.45, 7) is 4.31. The van der Waals surface area contributed by atoms with Crippen LogP contribution in [0.1, 0.15) is 22.8 Å². The van der Waals surface area contributed by atoms with Crippen molar-refractivity contribution < 1.29 is 19.5 Å². The molecule has 0 saturated carbocycles. The molecule has 7 heteroatoms. The minimum atomic E-state index is -1.07. The van der Waals surface area contributed by atoms with E-state index in [2.05, 4.69) is 5.32 Å². The molecule has 2 N–H and O–H groups in total. The van der Waals surface area contributed by atoms with E-state index in [9.17, 15) is 14.4 Å². The molecule has 0 bridgehead atoms. The monoisotopic (exact) mass is 305 g/mol. The molecule has 0 radical (unpaired) electrons. The molecule has 1 aliphatic rings. The number of nitrogens with zero attached hydrogens (tertiary/aromatic N) is 2. The third-order valence-electron chi connectivity index (χ3n) is 3.94. The number of hydrogen-bond acceptors (Lipinski definition) is 3. The van der Waals surface area contributed by atoms with Crippen molar-refractivity contribution in [2.24, 2.45) is 0 Å². The number of rotatable bonds is 4. The number of carbonyl (C=O) groups is 3. The predicted octanol–water partition coefficient (Wildman–Crippen LogP) is 1.07. The van der Waals surface area contributed by atoms with Gasteiger partial charge >= 0.3 is 12.0 Å². The van der Waals surface area contributed by atoms with Gasteiger partial charge in [0.15, 0.2) is 0 Å². The largest absolute Gasteiger partial charge is 0.480 e. The Balaban J connectivity index is 2.34. The van der Waals surface area contributed by atoms with Gasteiger partial charge in [0.25, 0.3) is 5.91 Å². The first-order valence-corrected chi connectivity index (χ1v) is 6.99. The van der Waals surface area contributed by atoms with E-state index in [1.807, 2.05) is 0 Å². The van der Waals surface area contributed by atoms with Gasteiger partial charge in [-0.1, -0.05) is 6.07 Å². The van der Waals surface area contributed by atoms with Crippen molar-refractivity contribution in [1.29, 1.82) is 0 Å². The number of anilines is 1. The van der Waals surface area contributed by atoms with Gasteiger partial charge in [-0.15, -0.1) is 0 Å². The number of hydrogen-bond donors (Lipinski definition) is 2. The first-order chi connectivity index (χ1) is 10.3. The number of carbonyl (C=O) groups excluding carboxylic acids is 2. The summed E-state index contributed by atoms with van der Waals surface area (Å²) in [5.41, 5.74) is 1.72. The lowest BCUT2D eigenvalue weighted by atomic mass is 10.0. The summed E-state index contributed by atoms with van der Waals surface area (Å²) in [6.07, 6.45) is 0. The first kappa shape index (κ1) is 15.8. The fraction of sp³-hybridized carbons (Fsp3) is 0.400. The lowest BCUT2D eigenvalue weighted by molar-refractivity contribution is -0.141. The molecule has 0 unspecified atom stereocenters. The van der Waals surface area contributed by atoms with Crippen LogP contribution in [0.25, 0.3) is 0 Å². The van der Waals surface area contributed by atoms with Crippen molar-refractivity contribution in [3.63, 3.8) is 0 Å². The summed E-state index contributed by atoms with van der Waals surface area (Å²) < 4.78 is 0. The van der Waals surface area contributed by atoms with Crippen molar-refractivity contribution in [3.05, 3.63) is 29.3 Å². The molecule has 0 aromatic heterocycles. The van der Waals surface area contributed by atoms with Crippen molar-refractivity contribution >= 4 is 23.6 Å². The second-order valence-corrected chi connectivity index (χ2v) is 5.26. The number of amides is 3. The zero-order valence-electron chi connectivity index (χ0n) is 12.8. The van der Waals surface area contributed by atoms with E-state index >= 15 is 0 Å². The third kappa shape index (κ3) is 2.74. The van der Waals surface area contributed by atoms with Gasteiger partial charge in [-0.3, -0.25) is 9.69 Å². The maximum atomic E-state index is 12.5. The molecule has 1 saturated heterocycles. The number of aliphatic carboxylic acids is 1. The summed E-state index contributed by atoms with van der Waals surface area (Å²) in [7, 11) is 1.45. The molecule has 2 rings (SSSR count). The van der Waals surface area contributed by atoms with Crippen LogP contribution in [0.3, 0.4) is 0 Å². The van der Waals surface area contributed by atoms with Gasteiger partial charge in [0.2, 0.25) is 0 Å². The molecule has 1 aromatic rings. The molecule has 0 aliphatic carbocycles. The molecule has 7 nitrogen and oxygen atoms in total. The third-order valence-corrected chi connectivity index (χ3v) is 3.94. The Morgan fingerprint density at radius 3 is 2.64 bits per heavy atom. The van der Waals surface area contributed by atoms with Crippen LogP contribution in [0.2, 0.25) is 0 Å². The molecule has 22 heavy (non-hydrogen) atoms. The minimum Gasteiger partial charge on any atom is -0.480 e.